The van der Waals surface area contributed by atoms with Gasteiger partial charge in [0.1, 0.15) is 5.75 Å². The molecule has 2 rings (SSSR count). The van der Waals surface area contributed by atoms with Crippen molar-refractivity contribution in [3.63, 3.8) is 0 Å². The van der Waals surface area contributed by atoms with Crippen LogP contribution in [0.4, 0.5) is 0 Å². The van der Waals surface area contributed by atoms with Crippen LogP contribution in [0.3, 0.4) is 0 Å². The highest BCUT2D eigenvalue weighted by molar-refractivity contribution is 5.45. The topological polar surface area (TPSA) is 53.7 Å². The van der Waals surface area contributed by atoms with Crippen molar-refractivity contribution in [2.24, 2.45) is 5.73 Å². The summed E-state index contributed by atoms with van der Waals surface area (Å²) in [6.45, 7) is 3.20. The van der Waals surface area contributed by atoms with Gasteiger partial charge in [-0.15, -0.1) is 0 Å². The first kappa shape index (κ1) is 17.2. The molecule has 0 radical (unpaired) electrons. The fraction of sp³-hybridized carbons (Fsp3) is 0.368. The van der Waals surface area contributed by atoms with Gasteiger partial charge in [-0.05, 0) is 49.2 Å². The fourth-order valence-electron chi connectivity index (χ4n) is 2.68. The standard InChI is InChI=1S/C19H25NO3/c1-4-23-17-8-6-5-7-15(17)11-16(13-20)14-9-10-18(21-2)19(12-14)22-3/h5-10,12,16H,4,11,13,20H2,1-3H3. The van der Waals surface area contributed by atoms with E-state index < -0.39 is 0 Å². The van der Waals surface area contributed by atoms with Crippen molar-refractivity contribution in [1.82, 2.24) is 0 Å². The number of methoxy groups -OCH3 is 2. The summed E-state index contributed by atoms with van der Waals surface area (Å²) >= 11 is 0. The van der Waals surface area contributed by atoms with E-state index in [1.807, 2.05) is 43.3 Å². The summed E-state index contributed by atoms with van der Waals surface area (Å²) in [6, 6.07) is 14.1. The van der Waals surface area contributed by atoms with Crippen molar-refractivity contribution < 1.29 is 14.2 Å². The fourth-order valence-corrected chi connectivity index (χ4v) is 2.68. The van der Waals surface area contributed by atoms with Gasteiger partial charge in [-0.25, -0.2) is 0 Å². The lowest BCUT2D eigenvalue weighted by molar-refractivity contribution is 0.335. The van der Waals surface area contributed by atoms with Crippen molar-refractivity contribution in [3.8, 4) is 17.2 Å². The maximum atomic E-state index is 6.03. The molecule has 2 N–H and O–H groups in total. The van der Waals surface area contributed by atoms with Gasteiger partial charge in [-0.1, -0.05) is 24.3 Å². The van der Waals surface area contributed by atoms with Crippen LogP contribution in [0.25, 0.3) is 0 Å². The van der Waals surface area contributed by atoms with Gasteiger partial charge in [0.25, 0.3) is 0 Å². The number of nitrogens with two attached hydrogens (primary N) is 1. The van der Waals surface area contributed by atoms with Crippen LogP contribution in [0.15, 0.2) is 42.5 Å². The number of benzene rings is 2. The molecule has 0 fully saturated rings. The van der Waals surface area contributed by atoms with Crippen LogP contribution < -0.4 is 19.9 Å². The second-order valence-electron chi connectivity index (χ2n) is 5.29. The second kappa shape index (κ2) is 8.44. The minimum absolute atomic E-state index is 0.191. The van der Waals surface area contributed by atoms with Gasteiger partial charge in [0.05, 0.1) is 20.8 Å². The quantitative estimate of drug-likeness (QED) is 0.811. The van der Waals surface area contributed by atoms with Gasteiger partial charge >= 0.3 is 0 Å². The minimum Gasteiger partial charge on any atom is -0.494 e. The van der Waals surface area contributed by atoms with Crippen LogP contribution in [0.5, 0.6) is 17.2 Å². The Hall–Kier alpha value is -2.20. The lowest BCUT2D eigenvalue weighted by atomic mass is 9.91. The number of para-hydroxylation sites is 1. The molecule has 0 aromatic heterocycles. The molecule has 0 bridgehead atoms. The third-order valence-corrected chi connectivity index (χ3v) is 3.90. The van der Waals surface area contributed by atoms with E-state index in [0.717, 1.165) is 29.2 Å². The van der Waals surface area contributed by atoms with Gasteiger partial charge in [-0.3, -0.25) is 0 Å². The third-order valence-electron chi connectivity index (χ3n) is 3.90. The Morgan fingerprint density at radius 3 is 2.35 bits per heavy atom. The summed E-state index contributed by atoms with van der Waals surface area (Å²) in [5.41, 5.74) is 8.33. The monoisotopic (exact) mass is 315 g/mol. The molecule has 1 unspecified atom stereocenters. The molecule has 0 aliphatic carbocycles. The van der Waals surface area contributed by atoms with Crippen molar-refractivity contribution >= 4 is 0 Å². The maximum Gasteiger partial charge on any atom is 0.160 e. The summed E-state index contributed by atoms with van der Waals surface area (Å²) in [5.74, 6) is 2.56. The van der Waals surface area contributed by atoms with Crippen LogP contribution in [-0.2, 0) is 6.42 Å². The zero-order valence-electron chi connectivity index (χ0n) is 14.0. The summed E-state index contributed by atoms with van der Waals surface area (Å²) in [7, 11) is 3.28. The molecule has 2 aromatic rings. The zero-order chi connectivity index (χ0) is 16.7. The number of ether oxygens (including phenoxy) is 3. The highest BCUT2D eigenvalue weighted by Gasteiger charge is 2.16. The van der Waals surface area contributed by atoms with Crippen molar-refractivity contribution in [2.45, 2.75) is 19.3 Å². The van der Waals surface area contributed by atoms with E-state index in [1.165, 1.54) is 5.56 Å². The van der Waals surface area contributed by atoms with Crippen LogP contribution in [-0.4, -0.2) is 27.4 Å². The predicted molar refractivity (Wildman–Crippen MR) is 92.7 cm³/mol. The van der Waals surface area contributed by atoms with Gasteiger partial charge in [-0.2, -0.15) is 0 Å². The Kier molecular flexibility index (Phi) is 6.29. The molecule has 0 aliphatic rings. The lowest BCUT2D eigenvalue weighted by Crippen LogP contribution is -2.15. The minimum atomic E-state index is 0.191. The molecule has 0 aliphatic heterocycles. The Morgan fingerprint density at radius 1 is 0.957 bits per heavy atom. The molecule has 0 amide bonds. The SMILES string of the molecule is CCOc1ccccc1CC(CN)c1ccc(OC)c(OC)c1. The Morgan fingerprint density at radius 2 is 1.70 bits per heavy atom. The van der Waals surface area contributed by atoms with Crippen LogP contribution in [0.2, 0.25) is 0 Å². The second-order valence-corrected chi connectivity index (χ2v) is 5.29. The first-order valence-corrected chi connectivity index (χ1v) is 7.86. The summed E-state index contributed by atoms with van der Waals surface area (Å²) < 4.78 is 16.4. The van der Waals surface area contributed by atoms with E-state index in [4.69, 9.17) is 19.9 Å². The Balaban J connectivity index is 2.27. The highest BCUT2D eigenvalue weighted by Crippen LogP contribution is 2.32. The van der Waals surface area contributed by atoms with Crippen LogP contribution in [0.1, 0.15) is 24.0 Å². The first-order chi connectivity index (χ1) is 11.2. The molecule has 4 heteroatoms. The van der Waals surface area contributed by atoms with Crippen molar-refractivity contribution in [1.29, 1.82) is 0 Å². The smallest absolute Gasteiger partial charge is 0.160 e. The third kappa shape index (κ3) is 4.17. The number of hydrogen-bond acceptors (Lipinski definition) is 4. The van der Waals surface area contributed by atoms with Crippen molar-refractivity contribution in [3.05, 3.63) is 53.6 Å². The average Bonchev–Trinajstić information content (AvgIpc) is 2.60. The van der Waals surface area contributed by atoms with Crippen LogP contribution in [0, 0.1) is 0 Å². The Labute approximate surface area is 138 Å². The summed E-state index contributed by atoms with van der Waals surface area (Å²) in [5, 5.41) is 0. The van der Waals surface area contributed by atoms with Gasteiger partial charge in [0, 0.05) is 5.92 Å². The predicted octanol–water partition coefficient (Wildman–Crippen LogP) is 3.39. The molecule has 0 heterocycles. The molecule has 1 atom stereocenters. The van der Waals surface area contributed by atoms with E-state index >= 15 is 0 Å². The van der Waals surface area contributed by atoms with Gasteiger partial charge < -0.3 is 19.9 Å². The Bertz CT molecular complexity index is 628. The largest absolute Gasteiger partial charge is 0.494 e. The maximum absolute atomic E-state index is 6.03. The highest BCUT2D eigenvalue weighted by atomic mass is 16.5. The average molecular weight is 315 g/mol. The molecule has 2 aromatic carbocycles. The molecular formula is C19H25NO3. The van der Waals surface area contributed by atoms with Gasteiger partial charge in [0.15, 0.2) is 11.5 Å². The molecular weight excluding hydrogens is 290 g/mol. The van der Waals surface area contributed by atoms with Crippen LogP contribution >= 0.6 is 0 Å². The summed E-state index contributed by atoms with van der Waals surface area (Å²) in [6.07, 6.45) is 0.822. The molecule has 23 heavy (non-hydrogen) atoms. The molecule has 0 spiro atoms. The molecule has 4 nitrogen and oxygen atoms in total. The number of rotatable bonds is 8. The summed E-state index contributed by atoms with van der Waals surface area (Å²) in [4.78, 5) is 0. The van der Waals surface area contributed by atoms with E-state index in [9.17, 15) is 0 Å². The van der Waals surface area contributed by atoms with E-state index in [0.29, 0.717) is 13.2 Å². The van der Waals surface area contributed by atoms with E-state index in [2.05, 4.69) is 6.07 Å². The normalized spacial score (nSPS) is 11.8. The van der Waals surface area contributed by atoms with E-state index in [-0.39, 0.29) is 5.92 Å². The molecule has 0 saturated carbocycles. The van der Waals surface area contributed by atoms with Crippen molar-refractivity contribution in [2.75, 3.05) is 27.4 Å². The number of hydrogen-bond donors (Lipinski definition) is 1. The lowest BCUT2D eigenvalue weighted by Gasteiger charge is -2.19. The molecule has 124 valence electrons. The van der Waals surface area contributed by atoms with Gasteiger partial charge in [0.2, 0.25) is 0 Å². The first-order valence-electron chi connectivity index (χ1n) is 7.86. The zero-order valence-corrected chi connectivity index (χ0v) is 14.0. The molecule has 0 saturated heterocycles. The van der Waals surface area contributed by atoms with E-state index in [1.54, 1.807) is 14.2 Å².